The second kappa shape index (κ2) is 1.46. The summed E-state index contributed by atoms with van der Waals surface area (Å²) in [4.78, 5) is 2.05. The van der Waals surface area contributed by atoms with Crippen molar-refractivity contribution in [2.24, 2.45) is 0 Å². The van der Waals surface area contributed by atoms with Crippen molar-refractivity contribution in [2.75, 3.05) is 14.1 Å². The summed E-state index contributed by atoms with van der Waals surface area (Å²) in [6.45, 7) is 0. The first kappa shape index (κ1) is 5.06. The van der Waals surface area contributed by atoms with Gasteiger partial charge in [-0.3, -0.25) is 0 Å². The van der Waals surface area contributed by atoms with Gasteiger partial charge in [-0.05, 0) is 20.5 Å². The maximum Gasteiger partial charge on any atom is 0.0712 e. The fourth-order valence-electron chi connectivity index (χ4n) is 0.724. The Balaban J connectivity index is 2.20. The van der Waals surface area contributed by atoms with Crippen molar-refractivity contribution in [1.29, 1.82) is 0 Å². The van der Waals surface area contributed by atoms with Crippen molar-refractivity contribution in [3.63, 3.8) is 0 Å². The lowest BCUT2D eigenvalue weighted by Gasteiger charge is -2.04. The van der Waals surface area contributed by atoms with Crippen molar-refractivity contribution in [3.05, 3.63) is 0 Å². The van der Waals surface area contributed by atoms with Crippen LogP contribution < -0.4 is 0 Å². The van der Waals surface area contributed by atoms with Crippen LogP contribution in [-0.4, -0.2) is 36.2 Å². The van der Waals surface area contributed by atoms with Crippen LogP contribution >= 0.6 is 0 Å². The fourth-order valence-corrected chi connectivity index (χ4v) is 0.724. The van der Waals surface area contributed by atoms with Gasteiger partial charge in [-0.15, -0.1) is 0 Å². The molecule has 1 N–H and O–H groups in total. The summed E-state index contributed by atoms with van der Waals surface area (Å²) in [5, 5.41) is 8.76. The minimum Gasteiger partial charge on any atom is -0.391 e. The lowest BCUT2D eigenvalue weighted by atomic mass is 10.6. The van der Waals surface area contributed by atoms with E-state index < -0.39 is 0 Å². The van der Waals surface area contributed by atoms with Crippen LogP contribution in [0, 0.1) is 0 Å². The largest absolute Gasteiger partial charge is 0.391 e. The van der Waals surface area contributed by atoms with Crippen LogP contribution in [0.25, 0.3) is 0 Å². The smallest absolute Gasteiger partial charge is 0.0712 e. The number of nitrogens with zero attached hydrogens (tertiary/aromatic N) is 1. The van der Waals surface area contributed by atoms with E-state index in [9.17, 15) is 0 Å². The van der Waals surface area contributed by atoms with E-state index in [2.05, 4.69) is 0 Å². The normalized spacial score (nSPS) is 39.4. The van der Waals surface area contributed by atoms with Crippen LogP contribution in [0.4, 0.5) is 0 Å². The molecule has 0 aliphatic heterocycles. The van der Waals surface area contributed by atoms with Crippen LogP contribution in [0.1, 0.15) is 6.42 Å². The van der Waals surface area contributed by atoms with Crippen molar-refractivity contribution in [2.45, 2.75) is 18.6 Å². The molecule has 42 valence electrons. The molecule has 1 rings (SSSR count). The summed E-state index contributed by atoms with van der Waals surface area (Å²) in [6.07, 6.45) is 0.933. The van der Waals surface area contributed by atoms with Gasteiger partial charge in [-0.1, -0.05) is 0 Å². The summed E-state index contributed by atoms with van der Waals surface area (Å²) in [6, 6.07) is 0.458. The summed E-state index contributed by atoms with van der Waals surface area (Å²) in [5.74, 6) is 0. The van der Waals surface area contributed by atoms with E-state index in [1.165, 1.54) is 0 Å². The van der Waals surface area contributed by atoms with Crippen LogP contribution in [0.15, 0.2) is 0 Å². The molecular formula is C5H11NO. The number of likely N-dealkylation sites (N-methyl/N-ethyl adjacent to an activating group) is 1. The Morgan fingerprint density at radius 1 is 1.57 bits per heavy atom. The first-order chi connectivity index (χ1) is 3.22. The van der Waals surface area contributed by atoms with Crippen molar-refractivity contribution < 1.29 is 5.11 Å². The van der Waals surface area contributed by atoms with E-state index in [0.717, 1.165) is 6.42 Å². The summed E-state index contributed by atoms with van der Waals surface area (Å²) >= 11 is 0. The lowest BCUT2D eigenvalue weighted by Crippen LogP contribution is -2.17. The third-order valence-corrected chi connectivity index (χ3v) is 1.39. The highest BCUT2D eigenvalue weighted by atomic mass is 16.3. The average molecular weight is 101 g/mol. The van der Waals surface area contributed by atoms with Gasteiger partial charge in [0.2, 0.25) is 0 Å². The van der Waals surface area contributed by atoms with Gasteiger partial charge in [0.05, 0.1) is 6.10 Å². The van der Waals surface area contributed by atoms with Gasteiger partial charge in [-0.2, -0.15) is 0 Å². The highest BCUT2D eigenvalue weighted by Gasteiger charge is 2.36. The number of rotatable bonds is 1. The third-order valence-electron chi connectivity index (χ3n) is 1.39. The highest BCUT2D eigenvalue weighted by molar-refractivity contribution is 4.92. The molecular weight excluding hydrogens is 90.1 g/mol. The fraction of sp³-hybridized carbons (Fsp3) is 1.00. The van der Waals surface area contributed by atoms with E-state index in [4.69, 9.17) is 5.11 Å². The van der Waals surface area contributed by atoms with E-state index in [0.29, 0.717) is 6.04 Å². The molecule has 0 radical (unpaired) electrons. The molecule has 0 aromatic heterocycles. The third kappa shape index (κ3) is 0.924. The van der Waals surface area contributed by atoms with Crippen molar-refractivity contribution in [1.82, 2.24) is 4.90 Å². The van der Waals surface area contributed by atoms with Gasteiger partial charge in [0.15, 0.2) is 0 Å². The highest BCUT2D eigenvalue weighted by Crippen LogP contribution is 2.24. The van der Waals surface area contributed by atoms with Crippen molar-refractivity contribution >= 4 is 0 Å². The van der Waals surface area contributed by atoms with Gasteiger partial charge >= 0.3 is 0 Å². The quantitative estimate of drug-likeness (QED) is 0.489. The van der Waals surface area contributed by atoms with Gasteiger partial charge < -0.3 is 10.0 Å². The molecule has 2 atom stereocenters. The van der Waals surface area contributed by atoms with Gasteiger partial charge in [0.25, 0.3) is 0 Å². The molecule has 0 spiro atoms. The summed E-state index contributed by atoms with van der Waals surface area (Å²) in [5.41, 5.74) is 0. The summed E-state index contributed by atoms with van der Waals surface area (Å²) < 4.78 is 0. The van der Waals surface area contributed by atoms with Gasteiger partial charge in [0.1, 0.15) is 0 Å². The predicted octanol–water partition coefficient (Wildman–Crippen LogP) is -0.319. The molecule has 0 aromatic carbocycles. The molecule has 0 amide bonds. The zero-order valence-corrected chi connectivity index (χ0v) is 4.76. The zero-order valence-electron chi connectivity index (χ0n) is 4.76. The van der Waals surface area contributed by atoms with Crippen LogP contribution in [0.5, 0.6) is 0 Å². The zero-order chi connectivity index (χ0) is 5.44. The maximum absolute atomic E-state index is 8.76. The first-order valence-electron chi connectivity index (χ1n) is 2.56. The van der Waals surface area contributed by atoms with Gasteiger partial charge in [0, 0.05) is 6.04 Å². The van der Waals surface area contributed by atoms with E-state index in [1.807, 2.05) is 19.0 Å². The monoisotopic (exact) mass is 101 g/mol. The van der Waals surface area contributed by atoms with Crippen LogP contribution in [0.3, 0.4) is 0 Å². The second-order valence-electron chi connectivity index (χ2n) is 2.33. The first-order valence-corrected chi connectivity index (χ1v) is 2.56. The number of aliphatic hydroxyl groups is 1. The lowest BCUT2D eigenvalue weighted by molar-refractivity contribution is 0.231. The Kier molecular flexibility index (Phi) is 1.05. The van der Waals surface area contributed by atoms with E-state index in [1.54, 1.807) is 0 Å². The molecule has 1 saturated carbocycles. The second-order valence-corrected chi connectivity index (χ2v) is 2.33. The number of hydrogen-bond acceptors (Lipinski definition) is 2. The average Bonchev–Trinajstić information content (AvgIpc) is 2.17. The predicted molar refractivity (Wildman–Crippen MR) is 28.1 cm³/mol. The SMILES string of the molecule is CN(C)[C@H]1C[C@H]1O. The Bertz CT molecular complexity index is 72.5. The van der Waals surface area contributed by atoms with Crippen LogP contribution in [0.2, 0.25) is 0 Å². The summed E-state index contributed by atoms with van der Waals surface area (Å²) in [7, 11) is 3.97. The standard InChI is InChI=1S/C5H11NO/c1-6(2)4-3-5(4)7/h4-5,7H,3H2,1-2H3/t4-,5+/m0/s1. The topological polar surface area (TPSA) is 23.5 Å². The molecule has 0 bridgehead atoms. The number of aliphatic hydroxyl groups excluding tert-OH is 1. The minimum absolute atomic E-state index is 0.0324. The Morgan fingerprint density at radius 2 is 2.00 bits per heavy atom. The molecule has 0 aromatic rings. The molecule has 2 nitrogen and oxygen atoms in total. The molecule has 7 heavy (non-hydrogen) atoms. The molecule has 2 heteroatoms. The Morgan fingerprint density at radius 3 is 2.00 bits per heavy atom. The molecule has 1 aliphatic carbocycles. The molecule has 0 saturated heterocycles. The Hall–Kier alpha value is -0.0800. The van der Waals surface area contributed by atoms with Gasteiger partial charge in [-0.25, -0.2) is 0 Å². The molecule has 1 fully saturated rings. The Labute approximate surface area is 43.7 Å². The van der Waals surface area contributed by atoms with Crippen molar-refractivity contribution in [3.8, 4) is 0 Å². The minimum atomic E-state index is -0.0324. The maximum atomic E-state index is 8.76. The van der Waals surface area contributed by atoms with E-state index in [-0.39, 0.29) is 6.10 Å². The molecule has 0 unspecified atom stereocenters. The van der Waals surface area contributed by atoms with Crippen LogP contribution in [-0.2, 0) is 0 Å². The molecule has 0 heterocycles. The molecule has 1 aliphatic rings. The number of hydrogen-bond donors (Lipinski definition) is 1. The van der Waals surface area contributed by atoms with E-state index >= 15 is 0 Å².